The van der Waals surface area contributed by atoms with E-state index in [-0.39, 0.29) is 0 Å². The van der Waals surface area contributed by atoms with Gasteiger partial charge in [0.05, 0.1) is 0 Å². The van der Waals surface area contributed by atoms with Gasteiger partial charge >= 0.3 is 0 Å². The van der Waals surface area contributed by atoms with Crippen LogP contribution >= 0.6 is 0 Å². The molecule has 0 radical (unpaired) electrons. The Morgan fingerprint density at radius 3 is 2.00 bits per heavy atom. The topological polar surface area (TPSA) is 28.7 Å². The molecule has 0 unspecified atom stereocenters. The van der Waals surface area contributed by atoms with Gasteiger partial charge in [-0.1, -0.05) is 0 Å². The van der Waals surface area contributed by atoms with Crippen LogP contribution in [0.5, 0.6) is 0 Å². The molecule has 0 atom stereocenters. The molecule has 5 heteroatoms. The monoisotopic (exact) mass is 122 g/mol. The molecular formula is C3HF3N2. The Hall–Kier alpha value is -1.00. The molecule has 0 saturated heterocycles. The van der Waals surface area contributed by atoms with Crippen molar-refractivity contribution in [1.29, 1.82) is 0 Å². The highest BCUT2D eigenvalue weighted by Gasteiger charge is 2.10. The van der Waals surface area contributed by atoms with Gasteiger partial charge < -0.3 is 0 Å². The Balaban J connectivity index is 3.19. The van der Waals surface area contributed by atoms with Crippen molar-refractivity contribution in [3.05, 3.63) is 17.7 Å². The lowest BCUT2D eigenvalue weighted by Gasteiger charge is -1.71. The van der Waals surface area contributed by atoms with E-state index in [9.17, 15) is 13.2 Å². The molecule has 8 heavy (non-hydrogen) atoms. The summed E-state index contributed by atoms with van der Waals surface area (Å²) < 4.78 is 34.8. The summed E-state index contributed by atoms with van der Waals surface area (Å²) in [5.41, 5.74) is 0. The molecular weight excluding hydrogens is 121 g/mol. The molecule has 0 fully saturated rings. The van der Waals surface area contributed by atoms with Crippen molar-refractivity contribution in [2.75, 3.05) is 0 Å². The number of rotatable bonds is 0. The molecule has 0 spiro atoms. The van der Waals surface area contributed by atoms with E-state index < -0.39 is 17.7 Å². The van der Waals surface area contributed by atoms with Crippen LogP contribution in [0.3, 0.4) is 0 Å². The highest BCUT2D eigenvalue weighted by molar-refractivity contribution is 4.87. The van der Waals surface area contributed by atoms with E-state index in [1.165, 1.54) is 5.10 Å². The zero-order valence-corrected chi connectivity index (χ0v) is 3.58. The summed E-state index contributed by atoms with van der Waals surface area (Å²) in [5, 5.41) is 4.04. The summed E-state index contributed by atoms with van der Waals surface area (Å²) in [6.45, 7) is 0. The second-order valence-corrected chi connectivity index (χ2v) is 1.14. The fourth-order valence-electron chi connectivity index (χ4n) is 0.287. The maximum absolute atomic E-state index is 11.6. The summed E-state index contributed by atoms with van der Waals surface area (Å²) in [7, 11) is 0. The molecule has 0 amide bonds. The van der Waals surface area contributed by atoms with Gasteiger partial charge in [-0.25, -0.2) is 5.10 Å². The quantitative estimate of drug-likeness (QED) is 0.542. The molecule has 0 aromatic carbocycles. The summed E-state index contributed by atoms with van der Waals surface area (Å²) in [6.07, 6.45) is 0. The lowest BCUT2D eigenvalue weighted by atomic mass is 10.7. The van der Waals surface area contributed by atoms with Crippen LogP contribution in [0.25, 0.3) is 0 Å². The van der Waals surface area contributed by atoms with Crippen LogP contribution in [0.4, 0.5) is 13.2 Å². The maximum atomic E-state index is 11.6. The zero-order chi connectivity index (χ0) is 6.15. The molecule has 1 heterocycles. The second kappa shape index (κ2) is 1.50. The van der Waals surface area contributed by atoms with Crippen molar-refractivity contribution in [2.45, 2.75) is 0 Å². The third-order valence-corrected chi connectivity index (χ3v) is 0.626. The van der Waals surface area contributed by atoms with Gasteiger partial charge in [0.25, 0.3) is 5.95 Å². The van der Waals surface area contributed by atoms with Gasteiger partial charge in [0, 0.05) is 0 Å². The molecule has 44 valence electrons. The summed E-state index contributed by atoms with van der Waals surface area (Å²) in [5.74, 6) is -4.38. The Labute approximate surface area is 42.3 Å². The predicted octanol–water partition coefficient (Wildman–Crippen LogP) is 0.827. The van der Waals surface area contributed by atoms with E-state index in [0.29, 0.717) is 0 Å². The normalized spacial score (nSPS) is 9.88. The first kappa shape index (κ1) is 5.14. The molecule has 0 aliphatic heterocycles. The van der Waals surface area contributed by atoms with E-state index in [4.69, 9.17) is 0 Å². The molecule has 1 N–H and O–H groups in total. The first-order chi connectivity index (χ1) is 3.72. The first-order valence-corrected chi connectivity index (χ1v) is 1.76. The lowest BCUT2D eigenvalue weighted by Crippen LogP contribution is -1.77. The number of halogens is 3. The van der Waals surface area contributed by atoms with Crippen LogP contribution in [0, 0.1) is 17.7 Å². The van der Waals surface area contributed by atoms with E-state index >= 15 is 0 Å². The number of aromatic amines is 1. The number of H-pyrrole nitrogens is 1. The molecule has 0 saturated carbocycles. The minimum Gasteiger partial charge on any atom is -0.247 e. The first-order valence-electron chi connectivity index (χ1n) is 1.76. The number of aromatic nitrogens is 2. The molecule has 1 aromatic rings. The van der Waals surface area contributed by atoms with Crippen LogP contribution < -0.4 is 0 Å². The number of nitrogens with one attached hydrogen (secondary N) is 1. The van der Waals surface area contributed by atoms with Crippen molar-refractivity contribution in [3.8, 4) is 0 Å². The van der Waals surface area contributed by atoms with E-state index in [1.807, 2.05) is 0 Å². The summed E-state index contributed by atoms with van der Waals surface area (Å²) in [4.78, 5) is 0. The average Bonchev–Trinajstić information content (AvgIpc) is 1.98. The fourth-order valence-corrected chi connectivity index (χ4v) is 0.287. The van der Waals surface area contributed by atoms with Crippen LogP contribution in [0.2, 0.25) is 0 Å². The van der Waals surface area contributed by atoms with Gasteiger partial charge in [-0.2, -0.15) is 13.2 Å². The molecule has 1 rings (SSSR count). The van der Waals surface area contributed by atoms with Gasteiger partial charge in [-0.15, -0.1) is 5.10 Å². The van der Waals surface area contributed by atoms with Gasteiger partial charge in [-0.3, -0.25) is 0 Å². The highest BCUT2D eigenvalue weighted by Crippen LogP contribution is 2.02. The highest BCUT2D eigenvalue weighted by atomic mass is 19.2. The third-order valence-electron chi connectivity index (χ3n) is 0.626. The molecule has 1 aromatic heterocycles. The summed E-state index contributed by atoms with van der Waals surface area (Å²) >= 11 is 0. The predicted molar refractivity (Wildman–Crippen MR) is 18.5 cm³/mol. The fraction of sp³-hybridized carbons (Fsp3) is 0. The number of nitrogens with zero attached hydrogens (tertiary/aromatic N) is 1. The third kappa shape index (κ3) is 0.556. The Morgan fingerprint density at radius 1 is 1.25 bits per heavy atom. The molecule has 0 aliphatic rings. The van der Waals surface area contributed by atoms with Gasteiger partial charge in [0.2, 0.25) is 11.8 Å². The minimum atomic E-state index is -1.56. The van der Waals surface area contributed by atoms with Gasteiger partial charge in [-0.05, 0) is 0 Å². The Bertz CT molecular complexity index is 175. The largest absolute Gasteiger partial charge is 0.271 e. The van der Waals surface area contributed by atoms with Crippen molar-refractivity contribution in [2.24, 2.45) is 0 Å². The van der Waals surface area contributed by atoms with Gasteiger partial charge in [0.1, 0.15) is 0 Å². The standard InChI is InChI=1S/C3HF3N2/c4-1-2(5)7-8-3(1)6/h(H,7,8). The molecule has 2 nitrogen and oxygen atoms in total. The van der Waals surface area contributed by atoms with Crippen LogP contribution in [-0.4, -0.2) is 10.2 Å². The smallest absolute Gasteiger partial charge is 0.247 e. The van der Waals surface area contributed by atoms with Crippen molar-refractivity contribution >= 4 is 0 Å². The second-order valence-electron chi connectivity index (χ2n) is 1.14. The maximum Gasteiger partial charge on any atom is 0.271 e. The minimum absolute atomic E-state index is 1.37. The van der Waals surface area contributed by atoms with Crippen molar-refractivity contribution < 1.29 is 13.2 Å². The lowest BCUT2D eigenvalue weighted by molar-refractivity contribution is 0.449. The number of hydrogen-bond acceptors (Lipinski definition) is 1. The van der Waals surface area contributed by atoms with Crippen LogP contribution in [0.15, 0.2) is 0 Å². The Morgan fingerprint density at radius 2 is 1.88 bits per heavy atom. The van der Waals surface area contributed by atoms with Crippen molar-refractivity contribution in [1.82, 2.24) is 10.2 Å². The summed E-state index contributed by atoms with van der Waals surface area (Å²) in [6, 6.07) is 0. The van der Waals surface area contributed by atoms with Crippen LogP contribution in [-0.2, 0) is 0 Å². The number of hydrogen-bond donors (Lipinski definition) is 1. The van der Waals surface area contributed by atoms with Crippen molar-refractivity contribution in [3.63, 3.8) is 0 Å². The van der Waals surface area contributed by atoms with Gasteiger partial charge in [0.15, 0.2) is 0 Å². The van der Waals surface area contributed by atoms with Crippen LogP contribution in [0.1, 0.15) is 0 Å². The Kier molecular flexibility index (Phi) is 0.964. The molecule has 0 bridgehead atoms. The zero-order valence-electron chi connectivity index (χ0n) is 3.58. The SMILES string of the molecule is Fc1n[nH]c(F)c1F. The van der Waals surface area contributed by atoms with E-state index in [0.717, 1.165) is 0 Å². The van der Waals surface area contributed by atoms with E-state index in [1.54, 1.807) is 0 Å². The average molecular weight is 122 g/mol. The van der Waals surface area contributed by atoms with E-state index in [2.05, 4.69) is 5.10 Å². The molecule has 0 aliphatic carbocycles.